The van der Waals surface area contributed by atoms with E-state index in [4.69, 9.17) is 26.2 Å². The second-order valence-corrected chi connectivity index (χ2v) is 14.0. The highest BCUT2D eigenvalue weighted by Crippen LogP contribution is 2.22. The second kappa shape index (κ2) is 19.0. The summed E-state index contributed by atoms with van der Waals surface area (Å²) >= 11 is 5.91. The molecule has 19 heteroatoms. The van der Waals surface area contributed by atoms with Crippen molar-refractivity contribution in [1.29, 1.82) is 0 Å². The first-order valence-electron chi connectivity index (χ1n) is 19.1. The van der Waals surface area contributed by atoms with Crippen molar-refractivity contribution in [3.63, 3.8) is 0 Å². The Bertz CT molecular complexity index is 3240. The van der Waals surface area contributed by atoms with Crippen LogP contribution in [0.2, 0.25) is 5.15 Å². The molecule has 0 radical (unpaired) electrons. The van der Waals surface area contributed by atoms with Gasteiger partial charge in [-0.15, -0.1) is 10.2 Å². The molecule has 2 aromatic carbocycles. The molecule has 0 atom stereocenters. The van der Waals surface area contributed by atoms with Gasteiger partial charge in [0.05, 0.1) is 11.4 Å². The SMILES string of the molecule is C.Cc1nc(C)c(C(=O)Nc2cccc(-c3nc4ncc(-c5ccccc5)cn4n3)n2)o1.Cc1nc(C)c(C(N)=O)o1.Clc1cccc(-c2nc3ncc(-c4ccccc4)cn3n2)n1. The Kier molecular flexibility index (Phi) is 13.0. The van der Waals surface area contributed by atoms with E-state index in [0.29, 0.717) is 68.7 Å². The minimum atomic E-state index is -0.571. The number of nitrogens with one attached hydrogen (secondary N) is 1. The number of nitrogens with zero attached hydrogens (tertiary/aromatic N) is 12. The van der Waals surface area contributed by atoms with Crippen molar-refractivity contribution < 1.29 is 18.4 Å². The van der Waals surface area contributed by atoms with Crippen LogP contribution in [0.15, 0.2) is 131 Å². The van der Waals surface area contributed by atoms with Gasteiger partial charge in [-0.1, -0.05) is 91.8 Å². The Morgan fingerprint density at radius 2 is 1.06 bits per heavy atom. The smallest absolute Gasteiger partial charge is 0.294 e. The molecule has 18 nitrogen and oxygen atoms in total. The minimum Gasteiger partial charge on any atom is -0.436 e. The lowest BCUT2D eigenvalue weighted by Crippen LogP contribution is -2.13. The van der Waals surface area contributed by atoms with Crippen LogP contribution in [0.1, 0.15) is 51.7 Å². The molecule has 8 heterocycles. The third-order valence-corrected chi connectivity index (χ3v) is 9.21. The molecule has 8 aromatic heterocycles. The zero-order valence-electron chi connectivity index (χ0n) is 34.0. The first-order valence-corrected chi connectivity index (χ1v) is 19.5. The molecule has 0 fully saturated rings. The normalized spacial score (nSPS) is 10.6. The van der Waals surface area contributed by atoms with Gasteiger partial charge in [0.2, 0.25) is 23.2 Å². The number of aromatic nitrogens is 12. The highest BCUT2D eigenvalue weighted by Gasteiger charge is 2.18. The van der Waals surface area contributed by atoms with E-state index < -0.39 is 11.8 Å². The molecule has 320 valence electrons. The van der Waals surface area contributed by atoms with Gasteiger partial charge in [-0.2, -0.15) is 9.97 Å². The van der Waals surface area contributed by atoms with Crippen LogP contribution >= 0.6 is 11.6 Å². The number of halogens is 1. The summed E-state index contributed by atoms with van der Waals surface area (Å²) in [6.07, 6.45) is 7.32. The van der Waals surface area contributed by atoms with Crippen molar-refractivity contribution in [3.05, 3.63) is 162 Å². The highest BCUT2D eigenvalue weighted by molar-refractivity contribution is 6.29. The van der Waals surface area contributed by atoms with Gasteiger partial charge in [0.1, 0.15) is 22.4 Å². The number of rotatable bonds is 7. The molecule has 0 saturated carbocycles. The highest BCUT2D eigenvalue weighted by atomic mass is 35.5. The van der Waals surface area contributed by atoms with Crippen LogP contribution in [0.4, 0.5) is 5.82 Å². The summed E-state index contributed by atoms with van der Waals surface area (Å²) in [6.45, 7) is 6.75. The molecule has 0 aliphatic carbocycles. The fourth-order valence-corrected chi connectivity index (χ4v) is 6.34. The lowest BCUT2D eigenvalue weighted by atomic mass is 10.1. The Labute approximate surface area is 370 Å². The van der Waals surface area contributed by atoms with Gasteiger partial charge in [0.15, 0.2) is 11.8 Å². The molecule has 64 heavy (non-hydrogen) atoms. The molecule has 0 unspecified atom stereocenters. The van der Waals surface area contributed by atoms with E-state index in [1.54, 1.807) is 73.4 Å². The van der Waals surface area contributed by atoms with E-state index in [1.807, 2.05) is 85.2 Å². The number of oxazole rings is 2. The van der Waals surface area contributed by atoms with E-state index in [-0.39, 0.29) is 18.9 Å². The van der Waals surface area contributed by atoms with Crippen molar-refractivity contribution in [1.82, 2.24) is 59.1 Å². The van der Waals surface area contributed by atoms with Gasteiger partial charge in [-0.05, 0) is 49.2 Å². The predicted molar refractivity (Wildman–Crippen MR) is 239 cm³/mol. The second-order valence-electron chi connectivity index (χ2n) is 13.6. The number of hydrogen-bond acceptors (Lipinski definition) is 14. The van der Waals surface area contributed by atoms with Crippen LogP contribution in [0.3, 0.4) is 0 Å². The van der Waals surface area contributed by atoms with Gasteiger partial charge in [-0.25, -0.2) is 38.9 Å². The van der Waals surface area contributed by atoms with Crippen LogP contribution in [-0.4, -0.2) is 70.9 Å². The summed E-state index contributed by atoms with van der Waals surface area (Å²) in [7, 11) is 0. The Hall–Kier alpha value is -8.51. The Morgan fingerprint density at radius 3 is 1.52 bits per heavy atom. The summed E-state index contributed by atoms with van der Waals surface area (Å²) in [5.74, 6) is 2.46. The maximum absolute atomic E-state index is 12.5. The molecule has 10 aromatic rings. The summed E-state index contributed by atoms with van der Waals surface area (Å²) in [6, 6.07) is 30.5. The van der Waals surface area contributed by atoms with Crippen LogP contribution < -0.4 is 11.1 Å². The van der Waals surface area contributed by atoms with E-state index >= 15 is 0 Å². The average molecular weight is 875 g/mol. The van der Waals surface area contributed by atoms with Crippen molar-refractivity contribution in [2.24, 2.45) is 5.73 Å². The van der Waals surface area contributed by atoms with Crippen molar-refractivity contribution in [2.75, 3.05) is 5.32 Å². The molecular formula is C45H39ClN14O4. The molecule has 10 rings (SSSR count). The third-order valence-electron chi connectivity index (χ3n) is 9.00. The number of carbonyl (C=O) groups excluding carboxylic acids is 2. The largest absolute Gasteiger partial charge is 0.436 e. The van der Waals surface area contributed by atoms with E-state index in [0.717, 1.165) is 22.3 Å². The fourth-order valence-electron chi connectivity index (χ4n) is 6.18. The molecule has 0 saturated heterocycles. The summed E-state index contributed by atoms with van der Waals surface area (Å²) in [4.78, 5) is 57.2. The number of benzene rings is 2. The van der Waals surface area contributed by atoms with E-state index in [2.05, 4.69) is 55.4 Å². The number of carbonyl (C=O) groups is 2. The van der Waals surface area contributed by atoms with Crippen molar-refractivity contribution >= 4 is 40.8 Å². The lowest BCUT2D eigenvalue weighted by molar-refractivity contribution is 0.0969. The summed E-state index contributed by atoms with van der Waals surface area (Å²) < 4.78 is 13.5. The Morgan fingerprint density at radius 1 is 0.578 bits per heavy atom. The van der Waals surface area contributed by atoms with Crippen molar-refractivity contribution in [2.45, 2.75) is 35.1 Å². The zero-order chi connectivity index (χ0) is 44.0. The van der Waals surface area contributed by atoms with Gasteiger partial charge < -0.3 is 19.9 Å². The quantitative estimate of drug-likeness (QED) is 0.144. The topological polar surface area (TPSA) is 236 Å². The van der Waals surface area contributed by atoms with Gasteiger partial charge in [0.25, 0.3) is 23.4 Å². The standard InChI is InChI=1S/C22H17N7O2.C16H10ClN5.C6H8N2O2.CH4/c1-13-19(31-14(2)24-13)21(30)26-18-10-6-9-17(25-18)20-27-22-23-11-16(12-29(22)28-20)15-7-4-3-5-8-15;17-14-8-4-7-13(19-14)15-20-16-18-9-12(10-22(16)21-15)11-5-2-1-3-6-11;1-3-5(6(7)9)10-4(2)8-3;/h3-12H,1-2H3,(H,25,26,30);1-10H;1-2H3,(H2,7,9);1H4. The monoisotopic (exact) mass is 874 g/mol. The average Bonchev–Trinajstić information content (AvgIpc) is 4.08. The number of anilines is 1. The maximum atomic E-state index is 12.5. The number of hydrogen-bond donors (Lipinski definition) is 2. The third kappa shape index (κ3) is 9.98. The number of primary amides is 1. The van der Waals surface area contributed by atoms with Gasteiger partial charge in [0, 0.05) is 49.8 Å². The first-order chi connectivity index (χ1) is 30.5. The van der Waals surface area contributed by atoms with E-state index in [9.17, 15) is 9.59 Å². The summed E-state index contributed by atoms with van der Waals surface area (Å²) in [5, 5.41) is 12.1. The van der Waals surface area contributed by atoms with Gasteiger partial charge in [-0.3, -0.25) is 9.59 Å². The number of amides is 2. The lowest BCUT2D eigenvalue weighted by Gasteiger charge is -2.03. The maximum Gasteiger partial charge on any atom is 0.294 e. The number of nitrogens with two attached hydrogens (primary N) is 1. The molecule has 0 spiro atoms. The number of pyridine rings is 2. The number of fused-ring (bicyclic) bond motifs is 2. The Balaban J connectivity index is 0.000000161. The molecule has 2 amide bonds. The van der Waals surface area contributed by atoms with Crippen LogP contribution in [0.5, 0.6) is 0 Å². The number of aryl methyl sites for hydroxylation is 4. The minimum absolute atomic E-state index is 0. The molecule has 3 N–H and O–H groups in total. The van der Waals surface area contributed by atoms with Crippen LogP contribution in [-0.2, 0) is 0 Å². The molecule has 0 aliphatic rings. The molecule has 0 aliphatic heterocycles. The summed E-state index contributed by atoms with van der Waals surface area (Å²) in [5.41, 5.74) is 11.2. The predicted octanol–water partition coefficient (Wildman–Crippen LogP) is 8.24. The molecule has 0 bridgehead atoms. The van der Waals surface area contributed by atoms with Crippen LogP contribution in [0, 0.1) is 27.7 Å². The zero-order valence-corrected chi connectivity index (χ0v) is 34.8. The van der Waals surface area contributed by atoms with Crippen LogP contribution in [0.25, 0.3) is 56.8 Å². The first kappa shape index (κ1) is 43.6. The van der Waals surface area contributed by atoms with Gasteiger partial charge >= 0.3 is 0 Å². The fraction of sp³-hybridized carbons (Fsp3) is 0.111. The van der Waals surface area contributed by atoms with Crippen molar-refractivity contribution in [3.8, 4) is 45.3 Å². The molecular weight excluding hydrogens is 836 g/mol. The van der Waals surface area contributed by atoms with E-state index in [1.165, 1.54) is 0 Å².